The molecule has 30 heavy (non-hydrogen) atoms. The number of aromatic nitrogens is 1. The van der Waals surface area contributed by atoms with E-state index in [2.05, 4.69) is 50.1 Å². The highest BCUT2D eigenvalue weighted by Gasteiger charge is 2.25. The van der Waals surface area contributed by atoms with Crippen molar-refractivity contribution in [1.82, 2.24) is 4.57 Å². The van der Waals surface area contributed by atoms with Crippen LogP contribution < -0.4 is 5.14 Å². The van der Waals surface area contributed by atoms with Gasteiger partial charge in [0, 0.05) is 17.9 Å². The number of nitrogens with two attached hydrogens (primary N) is 1. The molecule has 0 unspecified atom stereocenters. The minimum absolute atomic E-state index is 0.0289. The van der Waals surface area contributed by atoms with Crippen molar-refractivity contribution < 1.29 is 8.42 Å². The summed E-state index contributed by atoms with van der Waals surface area (Å²) in [6.45, 7) is 15.4. The number of nitrogens with zero attached hydrogens (tertiary/aromatic N) is 1. The van der Waals surface area contributed by atoms with Crippen LogP contribution in [0.4, 0.5) is 0 Å². The van der Waals surface area contributed by atoms with E-state index in [4.69, 9.17) is 5.14 Å². The van der Waals surface area contributed by atoms with E-state index in [1.165, 1.54) is 37.7 Å². The molecule has 0 aliphatic heterocycles. The Morgan fingerprint density at radius 3 is 2.30 bits per heavy atom. The van der Waals surface area contributed by atoms with Gasteiger partial charge in [0.1, 0.15) is 4.90 Å². The van der Waals surface area contributed by atoms with E-state index in [1.54, 1.807) is 6.07 Å². The van der Waals surface area contributed by atoms with Gasteiger partial charge in [0.15, 0.2) is 0 Å². The SMILES string of the molecule is C=C(C)c1cc(-c2cc(S(N)(=O)=O)c(C)n2CC2CCCCC2)cc(C(C)(C)C)c1. The highest BCUT2D eigenvalue weighted by Crippen LogP contribution is 2.36. The van der Waals surface area contributed by atoms with Crippen molar-refractivity contribution in [3.63, 3.8) is 0 Å². The van der Waals surface area contributed by atoms with Gasteiger partial charge in [-0.3, -0.25) is 0 Å². The van der Waals surface area contributed by atoms with E-state index in [-0.39, 0.29) is 10.3 Å². The molecule has 164 valence electrons. The lowest BCUT2D eigenvalue weighted by molar-refractivity contribution is 0.318. The Kier molecular flexibility index (Phi) is 6.35. The Balaban J connectivity index is 2.21. The first-order valence-corrected chi connectivity index (χ1v) is 12.5. The average Bonchev–Trinajstić information content (AvgIpc) is 2.98. The summed E-state index contributed by atoms with van der Waals surface area (Å²) >= 11 is 0. The molecule has 2 N–H and O–H groups in total. The quantitative estimate of drug-likeness (QED) is 0.632. The van der Waals surface area contributed by atoms with Crippen LogP contribution in [0.15, 0.2) is 35.7 Å². The summed E-state index contributed by atoms with van der Waals surface area (Å²) in [5, 5.41) is 5.57. The van der Waals surface area contributed by atoms with Crippen molar-refractivity contribution in [3.05, 3.63) is 47.7 Å². The molecule has 1 fully saturated rings. The summed E-state index contributed by atoms with van der Waals surface area (Å²) in [5.41, 5.74) is 5.94. The molecule has 1 heterocycles. The molecular weight excluding hydrogens is 392 g/mol. The number of allylic oxidation sites excluding steroid dienone is 1. The number of primary sulfonamides is 1. The third kappa shape index (κ3) is 4.89. The third-order valence-electron chi connectivity index (χ3n) is 6.38. The first kappa shape index (κ1) is 22.8. The fourth-order valence-corrected chi connectivity index (χ4v) is 5.26. The fraction of sp³-hybridized carbons (Fsp3) is 0.520. The molecule has 0 saturated heterocycles. The van der Waals surface area contributed by atoms with E-state index in [1.807, 2.05) is 13.8 Å². The molecule has 0 atom stereocenters. The fourth-order valence-electron chi connectivity index (χ4n) is 4.47. The molecule has 3 rings (SSSR count). The van der Waals surface area contributed by atoms with Gasteiger partial charge < -0.3 is 4.57 Å². The van der Waals surface area contributed by atoms with Crippen LogP contribution in [-0.4, -0.2) is 13.0 Å². The van der Waals surface area contributed by atoms with Crippen LogP contribution in [0.5, 0.6) is 0 Å². The number of hydrogen-bond donors (Lipinski definition) is 1. The zero-order valence-corrected chi connectivity index (χ0v) is 19.9. The van der Waals surface area contributed by atoms with Crippen molar-refractivity contribution in [2.24, 2.45) is 11.1 Å². The molecule has 1 saturated carbocycles. The van der Waals surface area contributed by atoms with Crippen LogP contribution in [0.1, 0.15) is 76.6 Å². The molecule has 2 aromatic rings. The zero-order valence-electron chi connectivity index (χ0n) is 19.1. The van der Waals surface area contributed by atoms with E-state index < -0.39 is 10.0 Å². The average molecular weight is 429 g/mol. The largest absolute Gasteiger partial charge is 0.343 e. The van der Waals surface area contributed by atoms with E-state index >= 15 is 0 Å². The van der Waals surface area contributed by atoms with Gasteiger partial charge in [0.25, 0.3) is 0 Å². The highest BCUT2D eigenvalue weighted by atomic mass is 32.2. The van der Waals surface area contributed by atoms with Crippen LogP contribution in [0, 0.1) is 12.8 Å². The topological polar surface area (TPSA) is 65.1 Å². The smallest absolute Gasteiger partial charge is 0.239 e. The minimum atomic E-state index is -3.79. The van der Waals surface area contributed by atoms with Gasteiger partial charge in [-0.15, -0.1) is 0 Å². The van der Waals surface area contributed by atoms with Gasteiger partial charge in [-0.25, -0.2) is 13.6 Å². The molecule has 0 bridgehead atoms. The number of hydrogen-bond acceptors (Lipinski definition) is 2. The van der Waals surface area contributed by atoms with Crippen molar-refractivity contribution in [2.45, 2.75) is 83.6 Å². The van der Waals surface area contributed by atoms with Gasteiger partial charge in [0.05, 0.1) is 0 Å². The first-order chi connectivity index (χ1) is 13.9. The van der Waals surface area contributed by atoms with Gasteiger partial charge in [0.2, 0.25) is 10.0 Å². The van der Waals surface area contributed by atoms with Crippen LogP contribution >= 0.6 is 0 Å². The van der Waals surface area contributed by atoms with Crippen LogP contribution in [0.3, 0.4) is 0 Å². The second kappa shape index (κ2) is 8.35. The lowest BCUT2D eigenvalue weighted by Gasteiger charge is -2.25. The van der Waals surface area contributed by atoms with E-state index in [9.17, 15) is 8.42 Å². The molecule has 1 aromatic heterocycles. The Bertz CT molecular complexity index is 1050. The predicted octanol–water partition coefficient (Wildman–Crippen LogP) is 6.02. The zero-order chi connectivity index (χ0) is 22.3. The molecular formula is C25H36N2O2S. The van der Waals surface area contributed by atoms with Crippen molar-refractivity contribution in [2.75, 3.05) is 0 Å². The summed E-state index contributed by atoms with van der Waals surface area (Å²) in [6, 6.07) is 8.26. The summed E-state index contributed by atoms with van der Waals surface area (Å²) < 4.78 is 26.8. The molecule has 0 spiro atoms. The normalized spacial score (nSPS) is 16.1. The van der Waals surface area contributed by atoms with Crippen LogP contribution in [0.2, 0.25) is 0 Å². The minimum Gasteiger partial charge on any atom is -0.343 e. The third-order valence-corrected chi connectivity index (χ3v) is 7.41. The van der Waals surface area contributed by atoms with Crippen molar-refractivity contribution in [1.29, 1.82) is 0 Å². The van der Waals surface area contributed by atoms with Gasteiger partial charge in [-0.05, 0) is 72.9 Å². The Morgan fingerprint density at radius 1 is 1.13 bits per heavy atom. The monoisotopic (exact) mass is 428 g/mol. The number of rotatable bonds is 5. The summed E-state index contributed by atoms with van der Waals surface area (Å²) in [4.78, 5) is 0.228. The second-order valence-electron chi connectivity index (χ2n) is 9.97. The van der Waals surface area contributed by atoms with Gasteiger partial charge in [-0.1, -0.05) is 58.3 Å². The molecule has 5 heteroatoms. The second-order valence-corrected chi connectivity index (χ2v) is 11.5. The Hall–Kier alpha value is -1.85. The number of sulfonamides is 1. The number of benzene rings is 1. The Morgan fingerprint density at radius 2 is 1.77 bits per heavy atom. The van der Waals surface area contributed by atoms with Crippen molar-refractivity contribution in [3.8, 4) is 11.3 Å². The van der Waals surface area contributed by atoms with E-state index in [0.29, 0.717) is 5.92 Å². The van der Waals surface area contributed by atoms with Gasteiger partial charge >= 0.3 is 0 Å². The molecule has 1 aromatic carbocycles. The van der Waals surface area contributed by atoms with Crippen LogP contribution in [0.25, 0.3) is 16.8 Å². The highest BCUT2D eigenvalue weighted by molar-refractivity contribution is 7.89. The predicted molar refractivity (Wildman–Crippen MR) is 126 cm³/mol. The molecule has 0 amide bonds. The summed E-state index contributed by atoms with van der Waals surface area (Å²) in [7, 11) is -3.79. The summed E-state index contributed by atoms with van der Waals surface area (Å²) in [6.07, 6.45) is 6.19. The Labute approximate surface area is 182 Å². The maximum absolute atomic E-state index is 12.3. The lowest BCUT2D eigenvalue weighted by Crippen LogP contribution is -2.17. The first-order valence-electron chi connectivity index (χ1n) is 10.9. The van der Waals surface area contributed by atoms with Gasteiger partial charge in [-0.2, -0.15) is 0 Å². The lowest BCUT2D eigenvalue weighted by atomic mass is 9.84. The van der Waals surface area contributed by atoms with E-state index in [0.717, 1.165) is 34.6 Å². The van der Waals surface area contributed by atoms with Crippen molar-refractivity contribution >= 4 is 15.6 Å². The molecule has 0 radical (unpaired) electrons. The molecule has 1 aliphatic carbocycles. The van der Waals surface area contributed by atoms with Crippen LogP contribution in [-0.2, 0) is 22.0 Å². The molecule has 4 nitrogen and oxygen atoms in total. The molecule has 1 aliphatic rings. The standard InChI is InChI=1S/C25H36N2O2S/c1-17(2)20-12-21(14-22(13-20)25(4,5)6)23-15-24(30(26,28)29)18(3)27(23)16-19-10-8-7-9-11-19/h12-15,19H,1,7-11,16H2,2-6H3,(H2,26,28,29). The summed E-state index contributed by atoms with van der Waals surface area (Å²) in [5.74, 6) is 0.573. The maximum atomic E-state index is 12.3. The maximum Gasteiger partial charge on any atom is 0.239 e.